The lowest BCUT2D eigenvalue weighted by Gasteiger charge is -2.12. The Hall–Kier alpha value is -3.16. The van der Waals surface area contributed by atoms with Crippen LogP contribution in [0.15, 0.2) is 42.5 Å². The van der Waals surface area contributed by atoms with E-state index in [1.54, 1.807) is 12.1 Å². The predicted octanol–water partition coefficient (Wildman–Crippen LogP) is 3.34. The predicted molar refractivity (Wildman–Crippen MR) is 87.2 cm³/mol. The van der Waals surface area contributed by atoms with Crippen molar-refractivity contribution in [2.24, 2.45) is 0 Å². The van der Waals surface area contributed by atoms with Crippen LogP contribution in [0.1, 0.15) is 20.7 Å². The topological polar surface area (TPSA) is 71.1 Å². The fraction of sp³-hybridized carbons (Fsp3) is 0.222. The minimum Gasteiger partial charge on any atom is -0.493 e. The van der Waals surface area contributed by atoms with Gasteiger partial charge >= 0.3 is 12.6 Å². The highest BCUT2D eigenvalue weighted by Crippen LogP contribution is 2.31. The largest absolute Gasteiger partial charge is 0.493 e. The van der Waals surface area contributed by atoms with Crippen LogP contribution in [0.4, 0.5) is 8.78 Å². The van der Waals surface area contributed by atoms with Gasteiger partial charge in [0.25, 0.3) is 0 Å². The molecule has 0 amide bonds. The molecular formula is C18H16F2O6. The Bertz CT molecular complexity index is 774. The van der Waals surface area contributed by atoms with E-state index in [9.17, 15) is 18.4 Å². The molecule has 0 bridgehead atoms. The smallest absolute Gasteiger partial charge is 0.387 e. The molecule has 0 heterocycles. The molecule has 0 N–H and O–H groups in total. The number of esters is 1. The average molecular weight is 366 g/mol. The first-order valence-corrected chi connectivity index (χ1v) is 7.42. The van der Waals surface area contributed by atoms with E-state index >= 15 is 0 Å². The number of hydrogen-bond acceptors (Lipinski definition) is 6. The Morgan fingerprint density at radius 2 is 1.69 bits per heavy atom. The normalized spacial score (nSPS) is 10.3. The SMILES string of the molecule is COc1cccc(C(=O)OCC(=O)c2ccc(OC(F)F)cc2)c1OC. The number of hydrogen-bond donors (Lipinski definition) is 0. The third-order valence-corrected chi connectivity index (χ3v) is 3.36. The fourth-order valence-corrected chi connectivity index (χ4v) is 2.16. The number of carbonyl (C=O) groups is 2. The molecule has 0 saturated carbocycles. The van der Waals surface area contributed by atoms with Gasteiger partial charge in [0.1, 0.15) is 11.3 Å². The maximum Gasteiger partial charge on any atom is 0.387 e. The summed E-state index contributed by atoms with van der Waals surface area (Å²) < 4.78 is 43.6. The van der Waals surface area contributed by atoms with Gasteiger partial charge in [0, 0.05) is 5.56 Å². The van der Waals surface area contributed by atoms with Crippen molar-refractivity contribution in [1.82, 2.24) is 0 Å². The number of halogens is 2. The number of ketones is 1. The highest BCUT2D eigenvalue weighted by molar-refractivity contribution is 6.00. The molecule has 26 heavy (non-hydrogen) atoms. The number of alkyl halides is 2. The molecule has 0 aliphatic carbocycles. The summed E-state index contributed by atoms with van der Waals surface area (Å²) in [7, 11) is 2.81. The molecule has 0 radical (unpaired) electrons. The second-order valence-electron chi connectivity index (χ2n) is 4.94. The average Bonchev–Trinajstić information content (AvgIpc) is 2.65. The first-order chi connectivity index (χ1) is 12.5. The van der Waals surface area contributed by atoms with Crippen molar-refractivity contribution >= 4 is 11.8 Å². The van der Waals surface area contributed by atoms with Gasteiger partial charge in [0.15, 0.2) is 23.9 Å². The van der Waals surface area contributed by atoms with Gasteiger partial charge in [-0.25, -0.2) is 4.79 Å². The zero-order valence-corrected chi connectivity index (χ0v) is 14.0. The summed E-state index contributed by atoms with van der Waals surface area (Å²) in [6, 6.07) is 9.74. The van der Waals surface area contributed by atoms with Gasteiger partial charge in [-0.2, -0.15) is 8.78 Å². The molecule has 0 atom stereocenters. The van der Waals surface area contributed by atoms with Crippen LogP contribution in [0, 0.1) is 0 Å². The summed E-state index contributed by atoms with van der Waals surface area (Å²) in [4.78, 5) is 24.3. The number of para-hydroxylation sites is 1. The van der Waals surface area contributed by atoms with Crippen LogP contribution in [-0.4, -0.2) is 39.2 Å². The third kappa shape index (κ3) is 4.69. The van der Waals surface area contributed by atoms with E-state index in [4.69, 9.17) is 14.2 Å². The van der Waals surface area contributed by atoms with Crippen molar-refractivity contribution in [2.75, 3.05) is 20.8 Å². The number of ether oxygens (including phenoxy) is 4. The summed E-state index contributed by atoms with van der Waals surface area (Å²) >= 11 is 0. The summed E-state index contributed by atoms with van der Waals surface area (Å²) in [5, 5.41) is 0. The van der Waals surface area contributed by atoms with Crippen molar-refractivity contribution in [1.29, 1.82) is 0 Å². The molecule has 0 spiro atoms. The Kier molecular flexibility index (Phi) is 6.48. The molecule has 2 rings (SSSR count). The fourth-order valence-electron chi connectivity index (χ4n) is 2.16. The van der Waals surface area contributed by atoms with Crippen molar-refractivity contribution in [3.05, 3.63) is 53.6 Å². The standard InChI is InChI=1S/C18H16F2O6/c1-23-15-5-3-4-13(16(15)24-2)17(22)25-10-14(21)11-6-8-12(9-7-11)26-18(19)20/h3-9,18H,10H2,1-2H3. The van der Waals surface area contributed by atoms with E-state index in [1.165, 1.54) is 44.6 Å². The van der Waals surface area contributed by atoms with Crippen LogP contribution in [0.3, 0.4) is 0 Å². The van der Waals surface area contributed by atoms with Gasteiger partial charge in [-0.1, -0.05) is 6.07 Å². The van der Waals surface area contributed by atoms with Gasteiger partial charge in [-0.15, -0.1) is 0 Å². The second kappa shape index (κ2) is 8.80. The lowest BCUT2D eigenvalue weighted by Crippen LogP contribution is -2.15. The van der Waals surface area contributed by atoms with Crippen LogP contribution < -0.4 is 14.2 Å². The highest BCUT2D eigenvalue weighted by atomic mass is 19.3. The third-order valence-electron chi connectivity index (χ3n) is 3.36. The maximum atomic E-state index is 12.2. The highest BCUT2D eigenvalue weighted by Gasteiger charge is 2.19. The molecular weight excluding hydrogens is 350 g/mol. The van der Waals surface area contributed by atoms with Crippen molar-refractivity contribution in [3.8, 4) is 17.2 Å². The molecule has 0 saturated heterocycles. The number of benzene rings is 2. The van der Waals surface area contributed by atoms with E-state index in [1.807, 2.05) is 0 Å². The van der Waals surface area contributed by atoms with E-state index in [2.05, 4.69) is 4.74 Å². The first kappa shape index (κ1) is 19.2. The number of methoxy groups -OCH3 is 2. The number of carbonyl (C=O) groups excluding carboxylic acids is 2. The molecule has 2 aromatic carbocycles. The van der Waals surface area contributed by atoms with Crippen LogP contribution in [-0.2, 0) is 4.74 Å². The molecule has 8 heteroatoms. The Balaban J connectivity index is 2.02. The summed E-state index contributed by atoms with van der Waals surface area (Å²) in [5.41, 5.74) is 0.303. The lowest BCUT2D eigenvalue weighted by molar-refractivity contribution is -0.0498. The lowest BCUT2D eigenvalue weighted by atomic mass is 10.1. The zero-order valence-electron chi connectivity index (χ0n) is 14.0. The van der Waals surface area contributed by atoms with E-state index in [-0.39, 0.29) is 22.6 Å². The van der Waals surface area contributed by atoms with Gasteiger partial charge in [-0.05, 0) is 36.4 Å². The molecule has 0 fully saturated rings. The zero-order chi connectivity index (χ0) is 19.1. The summed E-state index contributed by atoms with van der Waals surface area (Å²) in [5.74, 6) is -0.783. The van der Waals surface area contributed by atoms with E-state index in [0.717, 1.165) is 0 Å². The molecule has 6 nitrogen and oxygen atoms in total. The van der Waals surface area contributed by atoms with Gasteiger partial charge in [0.2, 0.25) is 0 Å². The molecule has 0 aliphatic heterocycles. The molecule has 0 unspecified atom stereocenters. The van der Waals surface area contributed by atoms with Crippen molar-refractivity contribution < 1.29 is 37.3 Å². The number of rotatable bonds is 8. The van der Waals surface area contributed by atoms with E-state index < -0.39 is 25.0 Å². The second-order valence-corrected chi connectivity index (χ2v) is 4.94. The number of Topliss-reactive ketones (excluding diaryl/α,β-unsaturated/α-hetero) is 1. The summed E-state index contributed by atoms with van der Waals surface area (Å²) in [6.07, 6.45) is 0. The van der Waals surface area contributed by atoms with Crippen molar-refractivity contribution in [2.45, 2.75) is 6.61 Å². The Labute approximate surface area is 148 Å². The minimum atomic E-state index is -2.95. The minimum absolute atomic E-state index is 0.0744. The molecule has 0 aromatic heterocycles. The Morgan fingerprint density at radius 1 is 1.00 bits per heavy atom. The van der Waals surface area contributed by atoms with Crippen molar-refractivity contribution in [3.63, 3.8) is 0 Å². The quantitative estimate of drug-likeness (QED) is 0.527. The summed E-state index contributed by atoms with van der Waals surface area (Å²) in [6.45, 7) is -3.47. The molecule has 2 aromatic rings. The Morgan fingerprint density at radius 3 is 2.27 bits per heavy atom. The first-order valence-electron chi connectivity index (χ1n) is 7.42. The van der Waals surface area contributed by atoms with E-state index in [0.29, 0.717) is 5.75 Å². The van der Waals surface area contributed by atoms with Crippen LogP contribution >= 0.6 is 0 Å². The van der Waals surface area contributed by atoms with Crippen LogP contribution in [0.25, 0.3) is 0 Å². The monoisotopic (exact) mass is 366 g/mol. The molecule has 138 valence electrons. The molecule has 0 aliphatic rings. The maximum absolute atomic E-state index is 12.2. The van der Waals surface area contributed by atoms with Gasteiger partial charge < -0.3 is 18.9 Å². The van der Waals surface area contributed by atoms with Gasteiger partial charge in [-0.3, -0.25) is 4.79 Å². The van der Waals surface area contributed by atoms with Gasteiger partial charge in [0.05, 0.1) is 14.2 Å². The van der Waals surface area contributed by atoms with Crippen LogP contribution in [0.2, 0.25) is 0 Å². The van der Waals surface area contributed by atoms with Crippen LogP contribution in [0.5, 0.6) is 17.2 Å².